The molecule has 3 nitrogen and oxygen atoms in total. The number of hydrogen-bond acceptors (Lipinski definition) is 2. The maximum Gasteiger partial charge on any atom is 0.224 e. The first-order valence-electron chi connectivity index (χ1n) is 6.68. The van der Waals surface area contributed by atoms with Crippen LogP contribution in [0.4, 0.5) is 0 Å². The fourth-order valence-electron chi connectivity index (χ4n) is 1.88. The minimum Gasteiger partial charge on any atom is -0.353 e. The van der Waals surface area contributed by atoms with E-state index in [4.69, 9.17) is 0 Å². The first-order chi connectivity index (χ1) is 7.67. The van der Waals surface area contributed by atoms with E-state index in [0.717, 1.165) is 25.4 Å². The van der Waals surface area contributed by atoms with Crippen LogP contribution in [0.3, 0.4) is 0 Å². The van der Waals surface area contributed by atoms with Gasteiger partial charge in [0.15, 0.2) is 0 Å². The summed E-state index contributed by atoms with van der Waals surface area (Å²) in [6.07, 6.45) is 4.95. The summed E-state index contributed by atoms with van der Waals surface area (Å²) < 4.78 is 0. The van der Waals surface area contributed by atoms with E-state index >= 15 is 0 Å². The van der Waals surface area contributed by atoms with Crippen LogP contribution in [0.2, 0.25) is 0 Å². The highest BCUT2D eigenvalue weighted by atomic mass is 16.1. The molecule has 94 valence electrons. The number of carbonyl (C=O) groups excluding carboxylic acids is 1. The normalized spacial score (nSPS) is 19.2. The predicted octanol–water partition coefficient (Wildman–Crippen LogP) is 1.93. The van der Waals surface area contributed by atoms with Crippen molar-refractivity contribution in [2.24, 2.45) is 11.8 Å². The average molecular weight is 226 g/mol. The molecule has 0 aromatic heterocycles. The maximum absolute atomic E-state index is 11.9. The van der Waals surface area contributed by atoms with Crippen molar-refractivity contribution in [1.82, 2.24) is 10.6 Å². The topological polar surface area (TPSA) is 41.1 Å². The molecule has 1 aliphatic rings. The highest BCUT2D eigenvalue weighted by Gasteiger charge is 2.26. The molecule has 1 fully saturated rings. The van der Waals surface area contributed by atoms with Crippen LogP contribution in [0, 0.1) is 11.8 Å². The lowest BCUT2D eigenvalue weighted by molar-refractivity contribution is -0.125. The second-order valence-corrected chi connectivity index (χ2v) is 5.00. The molecule has 1 amide bonds. The Labute approximate surface area is 99.4 Å². The van der Waals surface area contributed by atoms with Crippen LogP contribution in [0.1, 0.15) is 46.5 Å². The molecule has 0 aromatic carbocycles. The second-order valence-electron chi connectivity index (χ2n) is 5.00. The minimum atomic E-state index is 0.0770. The lowest BCUT2D eigenvalue weighted by Crippen LogP contribution is -2.41. The number of nitrogens with one attached hydrogen (secondary N) is 2. The quantitative estimate of drug-likeness (QED) is 0.664. The highest BCUT2D eigenvalue weighted by molar-refractivity contribution is 5.78. The van der Waals surface area contributed by atoms with Gasteiger partial charge in [-0.2, -0.15) is 0 Å². The number of amides is 1. The summed E-state index contributed by atoms with van der Waals surface area (Å²) in [5.74, 6) is 1.16. The number of rotatable bonds is 8. The summed E-state index contributed by atoms with van der Waals surface area (Å²) in [7, 11) is 0. The van der Waals surface area contributed by atoms with Crippen LogP contribution in [0.5, 0.6) is 0 Å². The highest BCUT2D eigenvalue weighted by Crippen LogP contribution is 2.34. The van der Waals surface area contributed by atoms with Gasteiger partial charge in [-0.1, -0.05) is 33.6 Å². The molecule has 2 unspecified atom stereocenters. The van der Waals surface area contributed by atoms with Gasteiger partial charge in [-0.05, 0) is 25.3 Å². The van der Waals surface area contributed by atoms with E-state index in [-0.39, 0.29) is 11.8 Å². The molecule has 0 spiro atoms. The summed E-state index contributed by atoms with van der Waals surface area (Å²) >= 11 is 0. The van der Waals surface area contributed by atoms with Gasteiger partial charge < -0.3 is 10.6 Å². The molecule has 2 N–H and O–H groups in total. The molecular formula is C13H26N2O. The first kappa shape index (κ1) is 13.5. The summed E-state index contributed by atoms with van der Waals surface area (Å²) in [6, 6.07) is 0.393. The molecule has 1 aliphatic carbocycles. The van der Waals surface area contributed by atoms with Crippen molar-refractivity contribution in [2.75, 3.05) is 13.1 Å². The Kier molecular flexibility index (Phi) is 5.81. The van der Waals surface area contributed by atoms with Gasteiger partial charge in [0.05, 0.1) is 0 Å². The summed E-state index contributed by atoms with van der Waals surface area (Å²) in [4.78, 5) is 11.9. The molecule has 2 atom stereocenters. The van der Waals surface area contributed by atoms with E-state index in [2.05, 4.69) is 24.5 Å². The van der Waals surface area contributed by atoms with Gasteiger partial charge in [-0.25, -0.2) is 0 Å². The Morgan fingerprint density at radius 1 is 1.38 bits per heavy atom. The smallest absolute Gasteiger partial charge is 0.224 e. The SMILES string of the molecule is CCNCC(C)C(=O)NC(CC)CC1CC1. The lowest BCUT2D eigenvalue weighted by atomic mass is 10.1. The monoisotopic (exact) mass is 226 g/mol. The van der Waals surface area contributed by atoms with Gasteiger partial charge in [-0.3, -0.25) is 4.79 Å². The summed E-state index contributed by atoms with van der Waals surface area (Å²) in [5.41, 5.74) is 0. The summed E-state index contributed by atoms with van der Waals surface area (Å²) in [6.45, 7) is 7.91. The Balaban J connectivity index is 2.23. The molecule has 0 radical (unpaired) electrons. The molecule has 0 aliphatic heterocycles. The minimum absolute atomic E-state index is 0.0770. The zero-order chi connectivity index (χ0) is 12.0. The van der Waals surface area contributed by atoms with Gasteiger partial charge in [0.25, 0.3) is 0 Å². The molecule has 1 rings (SSSR count). The largest absolute Gasteiger partial charge is 0.353 e. The van der Waals surface area contributed by atoms with Crippen molar-refractivity contribution >= 4 is 5.91 Å². The third-order valence-corrected chi connectivity index (χ3v) is 3.30. The molecule has 0 bridgehead atoms. The van der Waals surface area contributed by atoms with Gasteiger partial charge >= 0.3 is 0 Å². The van der Waals surface area contributed by atoms with Gasteiger partial charge in [-0.15, -0.1) is 0 Å². The van der Waals surface area contributed by atoms with E-state index in [1.165, 1.54) is 19.3 Å². The fraction of sp³-hybridized carbons (Fsp3) is 0.923. The van der Waals surface area contributed by atoms with Gasteiger partial charge in [0, 0.05) is 18.5 Å². The number of carbonyl (C=O) groups is 1. The van der Waals surface area contributed by atoms with Crippen LogP contribution in [0.15, 0.2) is 0 Å². The Morgan fingerprint density at radius 3 is 2.56 bits per heavy atom. The van der Waals surface area contributed by atoms with E-state index in [0.29, 0.717) is 6.04 Å². The molecule has 3 heteroatoms. The molecular weight excluding hydrogens is 200 g/mol. The third kappa shape index (κ3) is 4.97. The number of hydrogen-bond donors (Lipinski definition) is 2. The van der Waals surface area contributed by atoms with Crippen molar-refractivity contribution in [3.8, 4) is 0 Å². The lowest BCUT2D eigenvalue weighted by Gasteiger charge is -2.19. The Hall–Kier alpha value is -0.570. The van der Waals surface area contributed by atoms with E-state index in [9.17, 15) is 4.79 Å². The van der Waals surface area contributed by atoms with Crippen molar-refractivity contribution < 1.29 is 4.79 Å². The average Bonchev–Trinajstić information content (AvgIpc) is 3.08. The Bertz CT molecular complexity index is 214. The molecule has 0 heterocycles. The van der Waals surface area contributed by atoms with Gasteiger partial charge in [0.2, 0.25) is 5.91 Å². The van der Waals surface area contributed by atoms with Crippen molar-refractivity contribution in [3.05, 3.63) is 0 Å². The zero-order valence-corrected chi connectivity index (χ0v) is 10.9. The van der Waals surface area contributed by atoms with Crippen LogP contribution in [0.25, 0.3) is 0 Å². The molecule has 16 heavy (non-hydrogen) atoms. The predicted molar refractivity (Wildman–Crippen MR) is 67.3 cm³/mol. The van der Waals surface area contributed by atoms with E-state index < -0.39 is 0 Å². The molecule has 0 saturated heterocycles. The van der Waals surface area contributed by atoms with Crippen LogP contribution >= 0.6 is 0 Å². The second kappa shape index (κ2) is 6.89. The van der Waals surface area contributed by atoms with Crippen molar-refractivity contribution in [3.63, 3.8) is 0 Å². The van der Waals surface area contributed by atoms with E-state index in [1.807, 2.05) is 6.92 Å². The van der Waals surface area contributed by atoms with Crippen molar-refractivity contribution in [1.29, 1.82) is 0 Å². The standard InChI is InChI=1S/C13H26N2O/c1-4-12(8-11-6-7-11)15-13(16)10(3)9-14-5-2/h10-12,14H,4-9H2,1-3H3,(H,15,16). The Morgan fingerprint density at radius 2 is 2.06 bits per heavy atom. The zero-order valence-electron chi connectivity index (χ0n) is 10.9. The van der Waals surface area contributed by atoms with Gasteiger partial charge in [0.1, 0.15) is 0 Å². The first-order valence-corrected chi connectivity index (χ1v) is 6.68. The third-order valence-electron chi connectivity index (χ3n) is 3.30. The van der Waals surface area contributed by atoms with Crippen LogP contribution < -0.4 is 10.6 Å². The fourth-order valence-corrected chi connectivity index (χ4v) is 1.88. The van der Waals surface area contributed by atoms with Crippen LogP contribution in [-0.4, -0.2) is 25.0 Å². The van der Waals surface area contributed by atoms with Crippen LogP contribution in [-0.2, 0) is 4.79 Å². The molecule has 1 saturated carbocycles. The summed E-state index contributed by atoms with van der Waals surface area (Å²) in [5, 5.41) is 6.38. The maximum atomic E-state index is 11.9. The molecule has 0 aromatic rings. The van der Waals surface area contributed by atoms with Crippen molar-refractivity contribution in [2.45, 2.75) is 52.5 Å². The van der Waals surface area contributed by atoms with E-state index in [1.54, 1.807) is 0 Å².